The van der Waals surface area contributed by atoms with E-state index in [0.717, 1.165) is 12.1 Å². The molecule has 0 amide bonds. The van der Waals surface area contributed by atoms with E-state index in [9.17, 15) is 13.2 Å². The first kappa shape index (κ1) is 14.8. The Kier molecular flexibility index (Phi) is 4.01. The minimum Gasteiger partial charge on any atom is -0.323 e. The first-order chi connectivity index (χ1) is 9.31. The standard InChI is InChI=1S/C12H12ClF3N4/c1-2-10(17)11-6-20(19-18-11)9-4-7(12(14,15)16)3-8(13)5-9/h3-6,10H,2,17H2,1H3. The van der Waals surface area contributed by atoms with Crippen molar-refractivity contribution in [3.05, 3.63) is 40.7 Å². The molecule has 1 atom stereocenters. The summed E-state index contributed by atoms with van der Waals surface area (Å²) in [7, 11) is 0. The molecule has 1 heterocycles. The lowest BCUT2D eigenvalue weighted by Gasteiger charge is -2.09. The van der Waals surface area contributed by atoms with Crippen LogP contribution in [-0.4, -0.2) is 15.0 Å². The number of aromatic nitrogens is 3. The van der Waals surface area contributed by atoms with Crippen molar-refractivity contribution in [1.29, 1.82) is 0 Å². The molecule has 0 aliphatic rings. The van der Waals surface area contributed by atoms with E-state index in [1.165, 1.54) is 16.9 Å². The lowest BCUT2D eigenvalue weighted by Crippen LogP contribution is -2.08. The Bertz CT molecular complexity index is 609. The molecule has 2 rings (SSSR count). The lowest BCUT2D eigenvalue weighted by atomic mass is 10.2. The van der Waals surface area contributed by atoms with Crippen LogP contribution >= 0.6 is 11.6 Å². The third-order valence-corrected chi connectivity index (χ3v) is 3.02. The molecule has 0 aliphatic carbocycles. The van der Waals surface area contributed by atoms with Crippen molar-refractivity contribution in [2.24, 2.45) is 5.73 Å². The Hall–Kier alpha value is -1.60. The van der Waals surface area contributed by atoms with E-state index < -0.39 is 11.7 Å². The summed E-state index contributed by atoms with van der Waals surface area (Å²) < 4.78 is 39.4. The summed E-state index contributed by atoms with van der Waals surface area (Å²) in [6, 6.07) is 2.90. The average molecular weight is 305 g/mol. The van der Waals surface area contributed by atoms with Gasteiger partial charge in [-0.1, -0.05) is 23.7 Å². The van der Waals surface area contributed by atoms with Crippen molar-refractivity contribution in [2.45, 2.75) is 25.6 Å². The van der Waals surface area contributed by atoms with E-state index in [1.807, 2.05) is 6.92 Å². The van der Waals surface area contributed by atoms with Gasteiger partial charge in [-0.05, 0) is 24.6 Å². The van der Waals surface area contributed by atoms with Crippen LogP contribution in [0.4, 0.5) is 13.2 Å². The molecule has 0 spiro atoms. The average Bonchev–Trinajstić information content (AvgIpc) is 2.85. The minimum atomic E-state index is -4.47. The molecule has 1 unspecified atom stereocenters. The van der Waals surface area contributed by atoms with E-state index >= 15 is 0 Å². The second kappa shape index (κ2) is 5.41. The number of hydrogen-bond acceptors (Lipinski definition) is 3. The third-order valence-electron chi connectivity index (χ3n) is 2.81. The summed E-state index contributed by atoms with van der Waals surface area (Å²) in [5, 5.41) is 7.61. The molecule has 8 heteroatoms. The second-order valence-electron chi connectivity index (χ2n) is 4.30. The summed E-state index contributed by atoms with van der Waals surface area (Å²) in [6.45, 7) is 1.88. The predicted molar refractivity (Wildman–Crippen MR) is 68.6 cm³/mol. The fourth-order valence-corrected chi connectivity index (χ4v) is 1.88. The van der Waals surface area contributed by atoms with Crippen LogP contribution in [0.5, 0.6) is 0 Å². The molecule has 2 N–H and O–H groups in total. The van der Waals surface area contributed by atoms with Gasteiger partial charge in [-0.2, -0.15) is 13.2 Å². The van der Waals surface area contributed by atoms with Gasteiger partial charge < -0.3 is 5.73 Å². The fraction of sp³-hybridized carbons (Fsp3) is 0.333. The van der Waals surface area contributed by atoms with E-state index in [2.05, 4.69) is 10.3 Å². The van der Waals surface area contributed by atoms with E-state index in [4.69, 9.17) is 17.3 Å². The van der Waals surface area contributed by atoms with Crippen LogP contribution in [0.3, 0.4) is 0 Å². The van der Waals surface area contributed by atoms with Gasteiger partial charge >= 0.3 is 6.18 Å². The molecular formula is C12H12ClF3N4. The van der Waals surface area contributed by atoms with E-state index in [-0.39, 0.29) is 16.8 Å². The first-order valence-electron chi connectivity index (χ1n) is 5.87. The highest BCUT2D eigenvalue weighted by Crippen LogP contribution is 2.32. The van der Waals surface area contributed by atoms with Gasteiger partial charge in [0.1, 0.15) is 0 Å². The normalized spacial score (nSPS) is 13.5. The Morgan fingerprint density at radius 2 is 2.05 bits per heavy atom. The van der Waals surface area contributed by atoms with Crippen LogP contribution in [0, 0.1) is 0 Å². The van der Waals surface area contributed by atoms with Crippen LogP contribution in [-0.2, 0) is 6.18 Å². The minimum absolute atomic E-state index is 0.0216. The Balaban J connectivity index is 2.42. The summed E-state index contributed by atoms with van der Waals surface area (Å²) in [5.74, 6) is 0. The Labute approximate surface area is 118 Å². The Morgan fingerprint density at radius 3 is 2.65 bits per heavy atom. The zero-order chi connectivity index (χ0) is 14.9. The maximum Gasteiger partial charge on any atom is 0.416 e. The molecule has 0 saturated carbocycles. The summed E-state index contributed by atoms with van der Waals surface area (Å²) in [6.07, 6.45) is -2.31. The summed E-state index contributed by atoms with van der Waals surface area (Å²) >= 11 is 5.72. The van der Waals surface area contributed by atoms with Crippen LogP contribution in [0.15, 0.2) is 24.4 Å². The summed E-state index contributed by atoms with van der Waals surface area (Å²) in [4.78, 5) is 0. The van der Waals surface area contributed by atoms with Crippen molar-refractivity contribution in [3.63, 3.8) is 0 Å². The van der Waals surface area contributed by atoms with Crippen LogP contribution < -0.4 is 5.73 Å². The monoisotopic (exact) mass is 304 g/mol. The first-order valence-corrected chi connectivity index (χ1v) is 6.25. The largest absolute Gasteiger partial charge is 0.416 e. The molecule has 0 saturated heterocycles. The molecule has 0 fully saturated rings. The van der Waals surface area contributed by atoms with Gasteiger partial charge in [-0.3, -0.25) is 0 Å². The van der Waals surface area contributed by atoms with Gasteiger partial charge in [0.05, 0.1) is 29.2 Å². The number of nitrogens with zero attached hydrogens (tertiary/aromatic N) is 3. The number of nitrogens with two attached hydrogens (primary N) is 1. The summed E-state index contributed by atoms with van der Waals surface area (Å²) in [5.41, 5.74) is 5.66. The number of halogens is 4. The maximum absolute atomic E-state index is 12.7. The van der Waals surface area contributed by atoms with Gasteiger partial charge in [-0.25, -0.2) is 4.68 Å². The Morgan fingerprint density at radius 1 is 1.35 bits per heavy atom. The molecule has 0 radical (unpaired) electrons. The molecule has 2 aromatic rings. The molecular weight excluding hydrogens is 293 g/mol. The molecule has 0 bridgehead atoms. The van der Waals surface area contributed by atoms with Crippen molar-refractivity contribution >= 4 is 11.6 Å². The predicted octanol–water partition coefficient (Wildman–Crippen LogP) is 3.35. The van der Waals surface area contributed by atoms with Crippen molar-refractivity contribution in [2.75, 3.05) is 0 Å². The number of benzene rings is 1. The van der Waals surface area contributed by atoms with E-state index in [0.29, 0.717) is 12.1 Å². The van der Waals surface area contributed by atoms with E-state index in [1.54, 1.807) is 0 Å². The number of alkyl halides is 3. The molecule has 0 aliphatic heterocycles. The molecule has 108 valence electrons. The SMILES string of the molecule is CCC(N)c1cn(-c2cc(Cl)cc(C(F)(F)F)c2)nn1. The zero-order valence-electron chi connectivity index (χ0n) is 10.5. The van der Waals surface area contributed by atoms with Gasteiger partial charge in [0.15, 0.2) is 0 Å². The zero-order valence-corrected chi connectivity index (χ0v) is 11.3. The smallest absolute Gasteiger partial charge is 0.323 e. The number of hydrogen-bond donors (Lipinski definition) is 1. The topological polar surface area (TPSA) is 56.7 Å². The van der Waals surface area contributed by atoms with Crippen LogP contribution in [0.1, 0.15) is 30.6 Å². The fourth-order valence-electron chi connectivity index (χ4n) is 1.65. The molecule has 20 heavy (non-hydrogen) atoms. The quantitative estimate of drug-likeness (QED) is 0.946. The highest BCUT2D eigenvalue weighted by Gasteiger charge is 2.31. The van der Waals surface area contributed by atoms with Crippen LogP contribution in [0.25, 0.3) is 5.69 Å². The van der Waals surface area contributed by atoms with Gasteiger partial charge in [0, 0.05) is 5.02 Å². The van der Waals surface area contributed by atoms with Crippen molar-refractivity contribution in [1.82, 2.24) is 15.0 Å². The maximum atomic E-state index is 12.7. The van der Waals surface area contributed by atoms with Crippen molar-refractivity contribution in [3.8, 4) is 5.69 Å². The van der Waals surface area contributed by atoms with Gasteiger partial charge in [-0.15, -0.1) is 5.10 Å². The van der Waals surface area contributed by atoms with Crippen molar-refractivity contribution < 1.29 is 13.2 Å². The third kappa shape index (κ3) is 3.10. The van der Waals surface area contributed by atoms with Gasteiger partial charge in [0.25, 0.3) is 0 Å². The van der Waals surface area contributed by atoms with Gasteiger partial charge in [0.2, 0.25) is 0 Å². The lowest BCUT2D eigenvalue weighted by molar-refractivity contribution is -0.137. The highest BCUT2D eigenvalue weighted by molar-refractivity contribution is 6.30. The van der Waals surface area contributed by atoms with Crippen LogP contribution in [0.2, 0.25) is 5.02 Å². The molecule has 1 aromatic carbocycles. The molecule has 1 aromatic heterocycles. The highest BCUT2D eigenvalue weighted by atomic mass is 35.5. The number of rotatable bonds is 3. The molecule has 4 nitrogen and oxygen atoms in total. The second-order valence-corrected chi connectivity index (χ2v) is 4.74.